The fourth-order valence-electron chi connectivity index (χ4n) is 9.81. The molecule has 0 unspecified atom stereocenters. The standard InChI is InChI=1S/C44H41ClFN3O5Si/c1-26-41(55(2,3)46)38(22-39(51)47-24-30-9-5-4-8-29(30)20-33(47)25-50)54-44(26)35-21-31(45)16-19-36(35)48(43(44)53)23-27-14-17-32(18-15-27)49-37-13-7-11-28-10-6-12-34(40(28)37)42(49)52/h4-19,21,26,33,38,41,50H,20,22-25H2,1-3H3/t26-,33+,38+,41-,44+/m1/s1. The molecule has 4 aliphatic rings. The minimum absolute atomic E-state index is 0.0895. The summed E-state index contributed by atoms with van der Waals surface area (Å²) in [6.07, 6.45) is -0.463. The molecule has 0 radical (unpaired) electrons. The van der Waals surface area contributed by atoms with Crippen molar-refractivity contribution in [3.63, 3.8) is 0 Å². The lowest BCUT2D eigenvalue weighted by molar-refractivity contribution is -0.151. The van der Waals surface area contributed by atoms with E-state index in [0.29, 0.717) is 40.5 Å². The van der Waals surface area contributed by atoms with Crippen molar-refractivity contribution in [1.82, 2.24) is 4.90 Å². The summed E-state index contributed by atoms with van der Waals surface area (Å²) in [5.74, 6) is -1.25. The number of carbonyl (C=O) groups is 3. The van der Waals surface area contributed by atoms with Gasteiger partial charge in [-0.25, -0.2) is 0 Å². The van der Waals surface area contributed by atoms with Crippen LogP contribution in [0.3, 0.4) is 0 Å². The van der Waals surface area contributed by atoms with E-state index in [1.807, 2.05) is 91.9 Å². The molecule has 5 atom stereocenters. The summed E-state index contributed by atoms with van der Waals surface area (Å²) >= 11 is 6.60. The maximum absolute atomic E-state index is 16.6. The van der Waals surface area contributed by atoms with Gasteiger partial charge in [-0.3, -0.25) is 19.3 Å². The zero-order valence-corrected chi connectivity index (χ0v) is 32.6. The third-order valence-corrected chi connectivity index (χ3v) is 15.0. The van der Waals surface area contributed by atoms with Crippen molar-refractivity contribution in [2.45, 2.75) is 69.2 Å². The number of ether oxygens (including phenoxy) is 1. The molecular formula is C44H41ClFN3O5Si. The van der Waals surface area contributed by atoms with Gasteiger partial charge in [0.25, 0.3) is 11.8 Å². The molecule has 8 nitrogen and oxygen atoms in total. The van der Waals surface area contributed by atoms with Crippen LogP contribution in [0.2, 0.25) is 23.7 Å². The summed E-state index contributed by atoms with van der Waals surface area (Å²) in [5, 5.41) is 12.7. The van der Waals surface area contributed by atoms with Gasteiger partial charge in [0.05, 0.1) is 48.7 Å². The number of anilines is 3. The smallest absolute Gasteiger partial charge is 0.264 e. The van der Waals surface area contributed by atoms with Gasteiger partial charge in [0.1, 0.15) is 0 Å². The molecule has 11 heteroatoms. The lowest BCUT2D eigenvalue weighted by Gasteiger charge is -2.37. The minimum Gasteiger partial charge on any atom is -0.394 e. The summed E-state index contributed by atoms with van der Waals surface area (Å²) in [6.45, 7) is 5.44. The van der Waals surface area contributed by atoms with Gasteiger partial charge in [-0.05, 0) is 84.1 Å². The van der Waals surface area contributed by atoms with E-state index in [1.165, 1.54) is 0 Å². The average molecular weight is 774 g/mol. The summed E-state index contributed by atoms with van der Waals surface area (Å²) in [6, 6.07) is 32.0. The Balaban J connectivity index is 1.01. The summed E-state index contributed by atoms with van der Waals surface area (Å²) < 4.78 is 23.4. The molecule has 4 aliphatic heterocycles. The average Bonchev–Trinajstić information content (AvgIpc) is 3.72. The quantitative estimate of drug-likeness (QED) is 0.133. The van der Waals surface area contributed by atoms with Crippen molar-refractivity contribution < 1.29 is 28.3 Å². The number of benzene rings is 5. The molecule has 55 heavy (non-hydrogen) atoms. The van der Waals surface area contributed by atoms with E-state index >= 15 is 4.11 Å². The largest absolute Gasteiger partial charge is 0.394 e. The van der Waals surface area contributed by atoms with Crippen molar-refractivity contribution in [3.8, 4) is 0 Å². The van der Waals surface area contributed by atoms with Crippen molar-refractivity contribution in [2.24, 2.45) is 5.92 Å². The molecule has 0 bridgehead atoms. The van der Waals surface area contributed by atoms with E-state index in [9.17, 15) is 19.5 Å². The predicted molar refractivity (Wildman–Crippen MR) is 214 cm³/mol. The van der Waals surface area contributed by atoms with E-state index in [-0.39, 0.29) is 37.3 Å². The lowest BCUT2D eigenvalue weighted by atomic mass is 9.82. The summed E-state index contributed by atoms with van der Waals surface area (Å²) in [7, 11) is -3.55. The first-order valence-electron chi connectivity index (χ1n) is 18.8. The predicted octanol–water partition coefficient (Wildman–Crippen LogP) is 8.44. The number of carbonyl (C=O) groups excluding carboxylic acids is 3. The summed E-state index contributed by atoms with van der Waals surface area (Å²) in [5.41, 5.74) is 4.12. The SMILES string of the molecule is C[C@@H]1[C@@H]([Si](C)(C)F)[C@H](CC(=O)N2Cc3ccccc3C[C@H]2CO)O[C@@]12C(=O)N(Cc1ccc(N3C(=O)c4cccc5cccc3c45)cc1)c1ccc(Cl)cc12. The second-order valence-corrected chi connectivity index (χ2v) is 20.1. The Labute approximate surface area is 325 Å². The number of fused-ring (bicyclic) bond motifs is 3. The van der Waals surface area contributed by atoms with Gasteiger partial charge >= 0.3 is 0 Å². The van der Waals surface area contributed by atoms with Gasteiger partial charge < -0.3 is 23.8 Å². The fourth-order valence-corrected chi connectivity index (χ4v) is 12.5. The third kappa shape index (κ3) is 5.56. The van der Waals surface area contributed by atoms with Gasteiger partial charge in [0.15, 0.2) is 5.60 Å². The molecule has 0 aliphatic carbocycles. The topological polar surface area (TPSA) is 90.4 Å². The molecule has 5 aromatic carbocycles. The van der Waals surface area contributed by atoms with Crippen LogP contribution in [0.5, 0.6) is 0 Å². The first-order valence-corrected chi connectivity index (χ1v) is 22.1. The number of aliphatic hydroxyl groups excluding tert-OH is 1. The van der Waals surface area contributed by atoms with Gasteiger partial charge in [0, 0.05) is 39.7 Å². The van der Waals surface area contributed by atoms with Gasteiger partial charge in [-0.1, -0.05) is 79.2 Å². The van der Waals surface area contributed by atoms with Crippen LogP contribution in [0.4, 0.5) is 21.2 Å². The molecule has 0 aromatic heterocycles. The first kappa shape index (κ1) is 35.8. The Morgan fingerprint density at radius 3 is 2.40 bits per heavy atom. The van der Waals surface area contributed by atoms with Gasteiger partial charge in [-0.2, -0.15) is 0 Å². The molecule has 1 fully saturated rings. The van der Waals surface area contributed by atoms with Gasteiger partial charge in [-0.15, -0.1) is 0 Å². The molecule has 1 N–H and O–H groups in total. The Morgan fingerprint density at radius 1 is 0.945 bits per heavy atom. The molecule has 9 rings (SSSR count). The number of hydrogen-bond donors (Lipinski definition) is 1. The van der Waals surface area contributed by atoms with Crippen LogP contribution in [0.15, 0.2) is 103 Å². The van der Waals surface area contributed by atoms with E-state index in [1.54, 1.807) is 46.0 Å². The first-order chi connectivity index (χ1) is 26.4. The van der Waals surface area contributed by atoms with Gasteiger partial charge in [0.2, 0.25) is 14.3 Å². The van der Waals surface area contributed by atoms with E-state index < -0.39 is 37.6 Å². The van der Waals surface area contributed by atoms with Crippen LogP contribution in [-0.4, -0.2) is 54.9 Å². The van der Waals surface area contributed by atoms with Crippen LogP contribution in [-0.2, 0) is 39.4 Å². The fraction of sp³-hybridized carbons (Fsp3) is 0.295. The normalized spacial score (nSPS) is 24.3. The lowest BCUT2D eigenvalue weighted by Crippen LogP contribution is -2.48. The highest BCUT2D eigenvalue weighted by atomic mass is 35.5. The van der Waals surface area contributed by atoms with Crippen LogP contribution < -0.4 is 9.80 Å². The summed E-state index contributed by atoms with van der Waals surface area (Å²) in [4.78, 5) is 47.8. The highest BCUT2D eigenvalue weighted by Gasteiger charge is 2.67. The molecule has 0 saturated carbocycles. The van der Waals surface area contributed by atoms with E-state index in [2.05, 4.69) is 0 Å². The molecule has 280 valence electrons. The van der Waals surface area contributed by atoms with Crippen LogP contribution in [0, 0.1) is 5.92 Å². The maximum atomic E-state index is 16.6. The molecule has 4 heterocycles. The van der Waals surface area contributed by atoms with Crippen molar-refractivity contribution >= 4 is 65.6 Å². The van der Waals surface area contributed by atoms with Crippen molar-refractivity contribution in [3.05, 3.63) is 136 Å². The number of hydrogen-bond acceptors (Lipinski definition) is 5. The number of halogens is 2. The maximum Gasteiger partial charge on any atom is 0.264 e. The Bertz CT molecular complexity index is 2400. The van der Waals surface area contributed by atoms with E-state index in [4.69, 9.17) is 16.3 Å². The Morgan fingerprint density at radius 2 is 1.67 bits per heavy atom. The van der Waals surface area contributed by atoms with Crippen molar-refractivity contribution in [2.75, 3.05) is 16.4 Å². The zero-order valence-electron chi connectivity index (χ0n) is 30.8. The van der Waals surface area contributed by atoms with E-state index in [0.717, 1.165) is 33.2 Å². The second-order valence-electron chi connectivity index (χ2n) is 15.8. The molecule has 5 aromatic rings. The van der Waals surface area contributed by atoms with Crippen LogP contribution in [0.25, 0.3) is 10.8 Å². The highest BCUT2D eigenvalue weighted by Crippen LogP contribution is 2.60. The minimum atomic E-state index is -3.55. The number of amides is 3. The Kier molecular flexibility index (Phi) is 8.54. The molecule has 1 spiro atoms. The third-order valence-electron chi connectivity index (χ3n) is 12.3. The number of aliphatic hydroxyl groups is 1. The monoisotopic (exact) mass is 773 g/mol. The zero-order chi connectivity index (χ0) is 38.4. The Hall–Kier alpha value is -4.87. The second kappa shape index (κ2) is 13.1. The van der Waals surface area contributed by atoms with Crippen LogP contribution >= 0.6 is 11.6 Å². The molecular weight excluding hydrogens is 733 g/mol. The molecule has 1 saturated heterocycles. The highest BCUT2D eigenvalue weighted by molar-refractivity contribution is 6.72. The number of rotatable bonds is 7. The van der Waals surface area contributed by atoms with Crippen molar-refractivity contribution in [1.29, 1.82) is 0 Å². The van der Waals surface area contributed by atoms with Crippen LogP contribution in [0.1, 0.15) is 46.0 Å². The molecule has 3 amide bonds. The number of nitrogens with zero attached hydrogens (tertiary/aromatic N) is 3.